The third-order valence-corrected chi connectivity index (χ3v) is 5.30. The molecular formula is C19H19BrN4O2. The first kappa shape index (κ1) is 16.9. The van der Waals surface area contributed by atoms with Crippen LogP contribution in [0.5, 0.6) is 0 Å². The second-order valence-corrected chi connectivity index (χ2v) is 7.52. The van der Waals surface area contributed by atoms with E-state index in [-0.39, 0.29) is 17.6 Å². The van der Waals surface area contributed by atoms with E-state index in [4.69, 9.17) is 0 Å². The first-order chi connectivity index (χ1) is 12.6. The number of hydrogen-bond donors (Lipinski definition) is 3. The Morgan fingerprint density at radius 1 is 1.15 bits per heavy atom. The maximum Gasteiger partial charge on any atom is 0.321 e. The Balaban J connectivity index is 1.44. The van der Waals surface area contributed by atoms with Crippen LogP contribution >= 0.6 is 15.9 Å². The van der Waals surface area contributed by atoms with E-state index >= 15 is 0 Å². The van der Waals surface area contributed by atoms with Crippen LogP contribution in [0.1, 0.15) is 18.4 Å². The van der Waals surface area contributed by atoms with Crippen LogP contribution < -0.4 is 20.9 Å². The fraction of sp³-hybridized carbons (Fsp3) is 0.263. The van der Waals surface area contributed by atoms with Gasteiger partial charge in [0.1, 0.15) is 0 Å². The molecule has 2 aromatic carbocycles. The van der Waals surface area contributed by atoms with E-state index in [0.29, 0.717) is 18.8 Å². The number of benzene rings is 2. The number of anilines is 2. The van der Waals surface area contributed by atoms with Crippen LogP contribution in [0.25, 0.3) is 0 Å². The fourth-order valence-electron chi connectivity index (χ4n) is 3.23. The minimum absolute atomic E-state index is 0.112. The summed E-state index contributed by atoms with van der Waals surface area (Å²) in [4.78, 5) is 25.9. The van der Waals surface area contributed by atoms with Gasteiger partial charge in [0.25, 0.3) is 0 Å². The number of urea groups is 2. The molecule has 7 heteroatoms. The van der Waals surface area contributed by atoms with Crippen molar-refractivity contribution in [1.82, 2.24) is 10.6 Å². The predicted octanol–water partition coefficient (Wildman–Crippen LogP) is 3.79. The molecule has 1 saturated heterocycles. The third kappa shape index (κ3) is 3.39. The highest BCUT2D eigenvalue weighted by molar-refractivity contribution is 9.10. The maximum atomic E-state index is 12.5. The highest BCUT2D eigenvalue weighted by Gasteiger charge is 2.45. The summed E-state index contributed by atoms with van der Waals surface area (Å²) in [6.07, 6.45) is 1.85. The van der Waals surface area contributed by atoms with Gasteiger partial charge < -0.3 is 16.0 Å². The van der Waals surface area contributed by atoms with Crippen molar-refractivity contribution >= 4 is 39.4 Å². The van der Waals surface area contributed by atoms with E-state index in [2.05, 4.69) is 31.9 Å². The summed E-state index contributed by atoms with van der Waals surface area (Å²) in [5, 5.41) is 8.75. The number of halogens is 1. The first-order valence-electron chi connectivity index (χ1n) is 8.56. The van der Waals surface area contributed by atoms with Crippen LogP contribution in [0.3, 0.4) is 0 Å². The molecule has 2 aliphatic rings. The standard InChI is InChI=1S/C19H19BrN4O2/c20-14-6-4-13(5-7-14)19(8-9-19)23-17(25)22-15-2-1-3-16(12-15)24-11-10-21-18(24)26/h1-7,12H,8-11H2,(H,21,26)(H2,22,23,25). The molecule has 0 bridgehead atoms. The van der Waals surface area contributed by atoms with Crippen LogP contribution in [0, 0.1) is 0 Å². The van der Waals surface area contributed by atoms with Gasteiger partial charge in [-0.05, 0) is 48.7 Å². The van der Waals surface area contributed by atoms with E-state index in [1.807, 2.05) is 48.5 Å². The molecule has 3 N–H and O–H groups in total. The Kier molecular flexibility index (Phi) is 4.32. The van der Waals surface area contributed by atoms with Crippen molar-refractivity contribution < 1.29 is 9.59 Å². The number of hydrogen-bond acceptors (Lipinski definition) is 2. The van der Waals surface area contributed by atoms with Gasteiger partial charge in [0.2, 0.25) is 0 Å². The Bertz CT molecular complexity index is 849. The lowest BCUT2D eigenvalue weighted by molar-refractivity contribution is 0.247. The average molecular weight is 415 g/mol. The van der Waals surface area contributed by atoms with Crippen LogP contribution in [0.4, 0.5) is 21.0 Å². The van der Waals surface area contributed by atoms with Gasteiger partial charge in [0.15, 0.2) is 0 Å². The molecule has 1 aliphatic carbocycles. The topological polar surface area (TPSA) is 73.5 Å². The number of amides is 4. The van der Waals surface area contributed by atoms with Gasteiger partial charge in [-0.15, -0.1) is 0 Å². The second-order valence-electron chi connectivity index (χ2n) is 6.60. The molecule has 134 valence electrons. The highest BCUT2D eigenvalue weighted by Crippen LogP contribution is 2.45. The molecule has 1 heterocycles. The molecule has 2 aromatic rings. The first-order valence-corrected chi connectivity index (χ1v) is 9.36. The molecule has 4 amide bonds. The minimum Gasteiger partial charge on any atom is -0.336 e. The largest absolute Gasteiger partial charge is 0.336 e. The SMILES string of the molecule is O=C(Nc1cccc(N2CCNC2=O)c1)NC1(c2ccc(Br)cc2)CC1. The number of nitrogens with one attached hydrogen (secondary N) is 3. The third-order valence-electron chi connectivity index (χ3n) is 4.77. The number of carbonyl (C=O) groups is 2. The summed E-state index contributed by atoms with van der Waals surface area (Å²) in [5.74, 6) is 0. The lowest BCUT2D eigenvalue weighted by Gasteiger charge is -2.19. The molecule has 0 radical (unpaired) electrons. The predicted molar refractivity (Wildman–Crippen MR) is 104 cm³/mol. The normalized spacial score (nSPS) is 17.6. The van der Waals surface area contributed by atoms with Gasteiger partial charge in [-0.3, -0.25) is 4.90 Å². The molecule has 2 fully saturated rings. The zero-order chi connectivity index (χ0) is 18.1. The lowest BCUT2D eigenvalue weighted by atomic mass is 10.1. The molecule has 0 atom stereocenters. The van der Waals surface area contributed by atoms with Gasteiger partial charge in [-0.2, -0.15) is 0 Å². The van der Waals surface area contributed by atoms with Gasteiger partial charge >= 0.3 is 12.1 Å². The minimum atomic E-state index is -0.281. The molecule has 1 saturated carbocycles. The summed E-state index contributed by atoms with van der Waals surface area (Å²) in [6, 6.07) is 15.0. The van der Waals surface area contributed by atoms with Crippen molar-refractivity contribution in [3.05, 3.63) is 58.6 Å². The monoisotopic (exact) mass is 414 g/mol. The summed E-state index contributed by atoms with van der Waals surface area (Å²) in [7, 11) is 0. The smallest absolute Gasteiger partial charge is 0.321 e. The van der Waals surface area contributed by atoms with Crippen molar-refractivity contribution in [2.24, 2.45) is 0 Å². The van der Waals surface area contributed by atoms with Crippen LogP contribution in [-0.4, -0.2) is 25.2 Å². The Morgan fingerprint density at radius 3 is 2.58 bits per heavy atom. The highest BCUT2D eigenvalue weighted by atomic mass is 79.9. The molecule has 6 nitrogen and oxygen atoms in total. The Labute approximate surface area is 160 Å². The van der Waals surface area contributed by atoms with Crippen molar-refractivity contribution in [1.29, 1.82) is 0 Å². The Morgan fingerprint density at radius 2 is 1.92 bits per heavy atom. The van der Waals surface area contributed by atoms with Crippen molar-refractivity contribution in [2.75, 3.05) is 23.3 Å². The van der Waals surface area contributed by atoms with Gasteiger partial charge in [-0.1, -0.05) is 34.1 Å². The van der Waals surface area contributed by atoms with Gasteiger partial charge in [0.05, 0.1) is 5.54 Å². The number of rotatable bonds is 4. The van der Waals surface area contributed by atoms with Crippen molar-refractivity contribution in [3.8, 4) is 0 Å². The number of carbonyl (C=O) groups excluding carboxylic acids is 2. The van der Waals surface area contributed by atoms with E-state index in [9.17, 15) is 9.59 Å². The zero-order valence-electron chi connectivity index (χ0n) is 14.1. The van der Waals surface area contributed by atoms with Crippen molar-refractivity contribution in [3.63, 3.8) is 0 Å². The van der Waals surface area contributed by atoms with Crippen LogP contribution in [0.2, 0.25) is 0 Å². The molecule has 1 aliphatic heterocycles. The van der Waals surface area contributed by atoms with Gasteiger partial charge in [-0.25, -0.2) is 9.59 Å². The Hall–Kier alpha value is -2.54. The van der Waals surface area contributed by atoms with Crippen LogP contribution in [-0.2, 0) is 5.54 Å². The summed E-state index contributed by atoms with van der Waals surface area (Å²) < 4.78 is 1.02. The lowest BCUT2D eigenvalue weighted by Crippen LogP contribution is -2.38. The molecule has 0 unspecified atom stereocenters. The molecule has 4 rings (SSSR count). The van der Waals surface area contributed by atoms with E-state index in [0.717, 1.165) is 28.6 Å². The van der Waals surface area contributed by atoms with E-state index in [1.54, 1.807) is 4.90 Å². The summed E-state index contributed by atoms with van der Waals surface area (Å²) in [6.45, 7) is 1.26. The van der Waals surface area contributed by atoms with E-state index in [1.165, 1.54) is 0 Å². The number of nitrogens with zero attached hydrogens (tertiary/aromatic N) is 1. The molecule has 26 heavy (non-hydrogen) atoms. The second kappa shape index (κ2) is 6.64. The fourth-order valence-corrected chi connectivity index (χ4v) is 3.49. The summed E-state index contributed by atoms with van der Waals surface area (Å²) in [5.41, 5.74) is 2.26. The quantitative estimate of drug-likeness (QED) is 0.711. The maximum absolute atomic E-state index is 12.5. The molecule has 0 aromatic heterocycles. The zero-order valence-corrected chi connectivity index (χ0v) is 15.7. The molecule has 0 spiro atoms. The van der Waals surface area contributed by atoms with Crippen LogP contribution in [0.15, 0.2) is 53.0 Å². The van der Waals surface area contributed by atoms with Gasteiger partial charge in [0, 0.05) is 28.9 Å². The van der Waals surface area contributed by atoms with E-state index < -0.39 is 0 Å². The average Bonchev–Trinajstić information content (AvgIpc) is 3.26. The molecular weight excluding hydrogens is 396 g/mol. The van der Waals surface area contributed by atoms with Crippen molar-refractivity contribution in [2.45, 2.75) is 18.4 Å². The summed E-state index contributed by atoms with van der Waals surface area (Å²) >= 11 is 3.43.